The van der Waals surface area contributed by atoms with E-state index in [2.05, 4.69) is 19.2 Å². The van der Waals surface area contributed by atoms with Crippen LogP contribution in [-0.2, 0) is 0 Å². The minimum absolute atomic E-state index is 0.131. The van der Waals surface area contributed by atoms with Gasteiger partial charge in [0, 0.05) is 17.6 Å². The van der Waals surface area contributed by atoms with Gasteiger partial charge in [0.05, 0.1) is 0 Å². The number of amides is 1. The van der Waals surface area contributed by atoms with Gasteiger partial charge < -0.3 is 16.2 Å². The van der Waals surface area contributed by atoms with E-state index in [1.54, 1.807) is 19.1 Å². The number of nitrogens with two attached hydrogens (primary N) is 1. The Morgan fingerprint density at radius 1 is 1.47 bits per heavy atom. The van der Waals surface area contributed by atoms with Gasteiger partial charge in [0.15, 0.2) is 0 Å². The average Bonchev–Trinajstić information content (AvgIpc) is 2.31. The molecule has 1 atom stereocenters. The van der Waals surface area contributed by atoms with Crippen LogP contribution in [-0.4, -0.2) is 23.1 Å². The number of hydrogen-bond donors (Lipinski definition) is 3. The van der Waals surface area contributed by atoms with Crippen molar-refractivity contribution in [3.63, 3.8) is 0 Å². The second-order valence-electron chi connectivity index (χ2n) is 5.82. The minimum atomic E-state index is -0.425. The van der Waals surface area contributed by atoms with Crippen molar-refractivity contribution in [3.8, 4) is 5.75 Å². The van der Waals surface area contributed by atoms with Crippen molar-refractivity contribution in [3.05, 3.63) is 29.3 Å². The first kappa shape index (κ1) is 15.5. The summed E-state index contributed by atoms with van der Waals surface area (Å²) in [5.41, 5.74) is 6.55. The third-order valence-corrected chi connectivity index (χ3v) is 3.20. The number of benzene rings is 1. The Bertz CT molecular complexity index is 457. The fraction of sp³-hybridized carbons (Fsp3) is 0.533. The van der Waals surface area contributed by atoms with E-state index in [0.29, 0.717) is 18.0 Å². The van der Waals surface area contributed by atoms with Crippen LogP contribution in [0.3, 0.4) is 0 Å². The summed E-state index contributed by atoms with van der Waals surface area (Å²) in [5, 5.41) is 12.6. The molecule has 19 heavy (non-hydrogen) atoms. The Morgan fingerprint density at radius 2 is 2.11 bits per heavy atom. The molecule has 0 heterocycles. The van der Waals surface area contributed by atoms with Crippen LogP contribution in [0.5, 0.6) is 5.75 Å². The topological polar surface area (TPSA) is 75.4 Å². The van der Waals surface area contributed by atoms with Crippen LogP contribution >= 0.6 is 0 Å². The molecule has 4 N–H and O–H groups in total. The number of aromatic hydroxyl groups is 1. The van der Waals surface area contributed by atoms with Gasteiger partial charge >= 0.3 is 0 Å². The van der Waals surface area contributed by atoms with Gasteiger partial charge in [0.1, 0.15) is 5.75 Å². The summed E-state index contributed by atoms with van der Waals surface area (Å²) in [6, 6.07) is 4.92. The first-order chi connectivity index (χ1) is 8.77. The van der Waals surface area contributed by atoms with E-state index in [1.165, 1.54) is 6.07 Å². The molecule has 0 saturated heterocycles. The molecule has 0 saturated carbocycles. The normalized spacial score (nSPS) is 14.2. The summed E-state index contributed by atoms with van der Waals surface area (Å²) in [6.07, 6.45) is 0.813. The summed E-state index contributed by atoms with van der Waals surface area (Å²) >= 11 is 0. The standard InChI is InChI=1S/C15H24N2O2/c1-10(2)8-15(4,9-16)17-14(19)12-6-5-11(3)13(18)7-12/h5-7,10,18H,8-9,16H2,1-4H3,(H,17,19). The molecule has 4 heteroatoms. The number of rotatable bonds is 5. The summed E-state index contributed by atoms with van der Waals surface area (Å²) in [6.45, 7) is 8.31. The highest BCUT2D eigenvalue weighted by molar-refractivity contribution is 5.95. The number of aryl methyl sites for hydroxylation is 1. The number of phenolic OH excluding ortho intramolecular Hbond substituents is 1. The van der Waals surface area contributed by atoms with Crippen molar-refractivity contribution in [2.24, 2.45) is 11.7 Å². The van der Waals surface area contributed by atoms with Gasteiger partial charge in [-0.2, -0.15) is 0 Å². The Hall–Kier alpha value is -1.55. The Balaban J connectivity index is 2.85. The van der Waals surface area contributed by atoms with E-state index in [0.717, 1.165) is 12.0 Å². The van der Waals surface area contributed by atoms with Crippen molar-refractivity contribution in [1.29, 1.82) is 0 Å². The number of carbonyl (C=O) groups excluding carboxylic acids is 1. The van der Waals surface area contributed by atoms with Crippen molar-refractivity contribution < 1.29 is 9.90 Å². The van der Waals surface area contributed by atoms with Gasteiger partial charge in [-0.1, -0.05) is 19.9 Å². The molecular formula is C15H24N2O2. The lowest BCUT2D eigenvalue weighted by Gasteiger charge is -2.31. The van der Waals surface area contributed by atoms with E-state index < -0.39 is 5.54 Å². The fourth-order valence-corrected chi connectivity index (χ4v) is 2.18. The molecule has 0 radical (unpaired) electrons. The van der Waals surface area contributed by atoms with Gasteiger partial charge in [0.2, 0.25) is 0 Å². The highest BCUT2D eigenvalue weighted by atomic mass is 16.3. The molecule has 0 fully saturated rings. The zero-order chi connectivity index (χ0) is 14.6. The van der Waals surface area contributed by atoms with Crippen LogP contribution < -0.4 is 11.1 Å². The van der Waals surface area contributed by atoms with Gasteiger partial charge in [-0.25, -0.2) is 0 Å². The molecule has 0 spiro atoms. The molecule has 1 aromatic rings. The van der Waals surface area contributed by atoms with Crippen LogP contribution in [0.15, 0.2) is 18.2 Å². The highest BCUT2D eigenvalue weighted by Crippen LogP contribution is 2.19. The van der Waals surface area contributed by atoms with Crippen molar-refractivity contribution >= 4 is 5.91 Å². The molecule has 4 nitrogen and oxygen atoms in total. The predicted molar refractivity (Wildman–Crippen MR) is 77.2 cm³/mol. The fourth-order valence-electron chi connectivity index (χ4n) is 2.18. The minimum Gasteiger partial charge on any atom is -0.508 e. The quantitative estimate of drug-likeness (QED) is 0.763. The summed E-state index contributed by atoms with van der Waals surface area (Å²) < 4.78 is 0. The maximum Gasteiger partial charge on any atom is 0.251 e. The molecule has 0 aliphatic heterocycles. The van der Waals surface area contributed by atoms with E-state index in [-0.39, 0.29) is 11.7 Å². The number of hydrogen-bond acceptors (Lipinski definition) is 3. The molecular weight excluding hydrogens is 240 g/mol. The molecule has 1 aromatic carbocycles. The Labute approximate surface area is 115 Å². The molecule has 0 bridgehead atoms. The monoisotopic (exact) mass is 264 g/mol. The molecule has 106 valence electrons. The van der Waals surface area contributed by atoms with Crippen LogP contribution in [0.4, 0.5) is 0 Å². The lowest BCUT2D eigenvalue weighted by Crippen LogP contribution is -2.52. The van der Waals surface area contributed by atoms with Gasteiger partial charge in [-0.15, -0.1) is 0 Å². The van der Waals surface area contributed by atoms with Crippen LogP contribution in [0, 0.1) is 12.8 Å². The van der Waals surface area contributed by atoms with Gasteiger partial charge in [0.25, 0.3) is 5.91 Å². The van der Waals surface area contributed by atoms with Gasteiger partial charge in [-0.05, 0) is 43.9 Å². The largest absolute Gasteiger partial charge is 0.508 e. The predicted octanol–water partition coefficient (Wildman–Crippen LogP) is 2.19. The zero-order valence-corrected chi connectivity index (χ0v) is 12.2. The Morgan fingerprint density at radius 3 is 2.58 bits per heavy atom. The average molecular weight is 264 g/mol. The molecule has 1 amide bonds. The van der Waals surface area contributed by atoms with Gasteiger partial charge in [-0.3, -0.25) is 4.79 Å². The lowest BCUT2D eigenvalue weighted by molar-refractivity contribution is 0.0898. The van der Waals surface area contributed by atoms with E-state index in [4.69, 9.17) is 5.73 Å². The molecule has 1 rings (SSSR count). The first-order valence-electron chi connectivity index (χ1n) is 6.59. The van der Waals surface area contributed by atoms with Crippen molar-refractivity contribution in [2.45, 2.75) is 39.7 Å². The second-order valence-corrected chi connectivity index (χ2v) is 5.82. The number of nitrogens with one attached hydrogen (secondary N) is 1. The summed E-state index contributed by atoms with van der Waals surface area (Å²) in [5.74, 6) is 0.370. The van der Waals surface area contributed by atoms with E-state index in [9.17, 15) is 9.90 Å². The van der Waals surface area contributed by atoms with Crippen molar-refractivity contribution in [1.82, 2.24) is 5.32 Å². The van der Waals surface area contributed by atoms with Crippen LogP contribution in [0.2, 0.25) is 0 Å². The molecule has 1 unspecified atom stereocenters. The van der Waals surface area contributed by atoms with E-state index >= 15 is 0 Å². The lowest BCUT2D eigenvalue weighted by atomic mass is 9.90. The van der Waals surface area contributed by atoms with Crippen LogP contribution in [0.25, 0.3) is 0 Å². The van der Waals surface area contributed by atoms with Crippen molar-refractivity contribution in [2.75, 3.05) is 6.54 Å². The molecule has 0 aliphatic rings. The SMILES string of the molecule is Cc1ccc(C(=O)NC(C)(CN)CC(C)C)cc1O. The molecule has 0 aromatic heterocycles. The number of carbonyl (C=O) groups is 1. The maximum absolute atomic E-state index is 12.2. The summed E-state index contributed by atoms with van der Waals surface area (Å²) in [4.78, 5) is 12.2. The highest BCUT2D eigenvalue weighted by Gasteiger charge is 2.26. The third kappa shape index (κ3) is 4.24. The van der Waals surface area contributed by atoms with Crippen LogP contribution in [0.1, 0.15) is 43.1 Å². The third-order valence-electron chi connectivity index (χ3n) is 3.20. The van der Waals surface area contributed by atoms with E-state index in [1.807, 2.05) is 6.92 Å². The summed E-state index contributed by atoms with van der Waals surface area (Å²) in [7, 11) is 0. The molecule has 0 aliphatic carbocycles. The zero-order valence-electron chi connectivity index (χ0n) is 12.2. The second kappa shape index (κ2) is 6.06. The first-order valence-corrected chi connectivity index (χ1v) is 6.59. The number of phenols is 1. The smallest absolute Gasteiger partial charge is 0.251 e. The Kier molecular flexibility index (Phi) is 4.95. The maximum atomic E-state index is 12.2.